The number of hydrogen-bond acceptors (Lipinski definition) is 4. The van der Waals surface area contributed by atoms with E-state index in [2.05, 4.69) is 0 Å². The van der Waals surface area contributed by atoms with Crippen LogP contribution in [-0.4, -0.2) is 13.1 Å². The third-order valence-electron chi connectivity index (χ3n) is 2.84. The molecule has 112 valence electrons. The van der Waals surface area contributed by atoms with Gasteiger partial charge in [0, 0.05) is 11.1 Å². The Balaban J connectivity index is 2.18. The molecule has 4 nitrogen and oxygen atoms in total. The topological polar surface area (TPSA) is 59.3 Å². The molecule has 0 aliphatic rings. The van der Waals surface area contributed by atoms with Gasteiger partial charge in [-0.15, -0.1) is 0 Å². The van der Waals surface area contributed by atoms with Gasteiger partial charge in [-0.1, -0.05) is 35.3 Å². The van der Waals surface area contributed by atoms with Gasteiger partial charge < -0.3 is 9.47 Å². The second kappa shape index (κ2) is 7.17. The zero-order valence-electron chi connectivity index (χ0n) is 11.6. The molecule has 0 aliphatic heterocycles. The molecule has 0 spiro atoms. The Morgan fingerprint density at radius 1 is 1.23 bits per heavy atom. The Morgan fingerprint density at radius 2 is 1.91 bits per heavy atom. The van der Waals surface area contributed by atoms with E-state index in [-0.39, 0.29) is 22.9 Å². The Bertz CT molecular complexity index is 736. The Kier molecular flexibility index (Phi) is 5.26. The minimum absolute atomic E-state index is 0.0661. The largest absolute Gasteiger partial charge is 0.493 e. The van der Waals surface area contributed by atoms with Crippen LogP contribution in [0.1, 0.15) is 11.1 Å². The lowest BCUT2D eigenvalue weighted by molar-refractivity contribution is -0.133. The van der Waals surface area contributed by atoms with Gasteiger partial charge in [-0.2, -0.15) is 5.26 Å². The number of carbonyl (C=O) groups is 1. The van der Waals surface area contributed by atoms with Gasteiger partial charge in [-0.05, 0) is 23.8 Å². The number of nitriles is 1. The highest BCUT2D eigenvalue weighted by molar-refractivity contribution is 6.32. The van der Waals surface area contributed by atoms with E-state index in [1.807, 2.05) is 6.07 Å². The van der Waals surface area contributed by atoms with Crippen LogP contribution < -0.4 is 9.47 Å². The van der Waals surface area contributed by atoms with Crippen molar-refractivity contribution in [3.8, 4) is 17.6 Å². The molecule has 0 radical (unpaired) electrons. The first-order valence-corrected chi connectivity index (χ1v) is 7.02. The summed E-state index contributed by atoms with van der Waals surface area (Å²) in [5.41, 5.74) is 1.08. The number of benzene rings is 2. The monoisotopic (exact) mass is 335 g/mol. The average molecular weight is 336 g/mol. The smallest absolute Gasteiger partial charge is 0.315 e. The van der Waals surface area contributed by atoms with E-state index in [1.165, 1.54) is 19.2 Å². The number of esters is 1. The van der Waals surface area contributed by atoms with Gasteiger partial charge in [0.25, 0.3) is 0 Å². The first-order chi connectivity index (χ1) is 10.5. The zero-order valence-corrected chi connectivity index (χ0v) is 13.1. The molecule has 0 bridgehead atoms. The molecule has 2 aromatic rings. The molecule has 2 rings (SSSR count). The molecular weight excluding hydrogens is 325 g/mol. The molecule has 0 aromatic heterocycles. The molecule has 6 heteroatoms. The van der Waals surface area contributed by atoms with Crippen molar-refractivity contribution in [3.63, 3.8) is 0 Å². The molecule has 0 amide bonds. The van der Waals surface area contributed by atoms with Gasteiger partial charge in [-0.25, -0.2) is 0 Å². The van der Waals surface area contributed by atoms with E-state index in [0.717, 1.165) is 5.56 Å². The summed E-state index contributed by atoms with van der Waals surface area (Å²) in [7, 11) is 1.41. The van der Waals surface area contributed by atoms with Crippen molar-refractivity contribution < 1.29 is 14.3 Å². The molecule has 0 fully saturated rings. The third kappa shape index (κ3) is 3.91. The van der Waals surface area contributed by atoms with Crippen molar-refractivity contribution in [2.24, 2.45) is 0 Å². The standard InChI is InChI=1S/C16H11Cl2NO3/c1-21-14-7-11(9-19)6-13(18)16(14)22-15(20)8-10-2-4-12(17)5-3-10/h2-7H,8H2,1H3. The van der Waals surface area contributed by atoms with Crippen molar-refractivity contribution in [2.45, 2.75) is 6.42 Å². The predicted molar refractivity (Wildman–Crippen MR) is 83.5 cm³/mol. The van der Waals surface area contributed by atoms with E-state index in [9.17, 15) is 4.79 Å². The van der Waals surface area contributed by atoms with Crippen molar-refractivity contribution in [1.29, 1.82) is 5.26 Å². The van der Waals surface area contributed by atoms with Gasteiger partial charge in [-0.3, -0.25) is 4.79 Å². The number of halogens is 2. The van der Waals surface area contributed by atoms with Crippen molar-refractivity contribution >= 4 is 29.2 Å². The summed E-state index contributed by atoms with van der Waals surface area (Å²) in [6, 6.07) is 11.7. The van der Waals surface area contributed by atoms with Crippen LogP contribution in [0.4, 0.5) is 0 Å². The van der Waals surface area contributed by atoms with Crippen molar-refractivity contribution in [3.05, 3.63) is 57.6 Å². The highest BCUT2D eigenvalue weighted by Crippen LogP contribution is 2.36. The molecule has 0 heterocycles. The van der Waals surface area contributed by atoms with Crippen LogP contribution >= 0.6 is 23.2 Å². The number of hydrogen-bond donors (Lipinski definition) is 0. The summed E-state index contributed by atoms with van der Waals surface area (Å²) >= 11 is 11.8. The molecule has 0 N–H and O–H groups in total. The molecule has 0 unspecified atom stereocenters. The molecule has 2 aromatic carbocycles. The highest BCUT2D eigenvalue weighted by atomic mass is 35.5. The number of carbonyl (C=O) groups excluding carboxylic acids is 1. The summed E-state index contributed by atoms with van der Waals surface area (Å²) in [5.74, 6) is -0.164. The molecule has 0 atom stereocenters. The third-order valence-corrected chi connectivity index (χ3v) is 3.37. The van der Waals surface area contributed by atoms with Crippen LogP contribution in [0, 0.1) is 11.3 Å². The highest BCUT2D eigenvalue weighted by Gasteiger charge is 2.16. The minimum Gasteiger partial charge on any atom is -0.493 e. The zero-order chi connectivity index (χ0) is 16.1. The minimum atomic E-state index is -0.493. The average Bonchev–Trinajstić information content (AvgIpc) is 2.51. The molecule has 0 saturated heterocycles. The van der Waals surface area contributed by atoms with Gasteiger partial charge in [0.05, 0.1) is 30.2 Å². The predicted octanol–water partition coefficient (Wildman–Crippen LogP) is 4.02. The Hall–Kier alpha value is -2.22. The second-order valence-corrected chi connectivity index (χ2v) is 5.22. The Morgan fingerprint density at radius 3 is 2.50 bits per heavy atom. The molecular formula is C16H11Cl2NO3. The maximum absolute atomic E-state index is 12.0. The quantitative estimate of drug-likeness (QED) is 0.625. The SMILES string of the molecule is COc1cc(C#N)cc(Cl)c1OC(=O)Cc1ccc(Cl)cc1. The normalized spacial score (nSPS) is 9.91. The summed E-state index contributed by atoms with van der Waals surface area (Å²) < 4.78 is 10.4. The fourth-order valence-corrected chi connectivity index (χ4v) is 2.18. The van der Waals surface area contributed by atoms with Crippen LogP contribution in [0.3, 0.4) is 0 Å². The van der Waals surface area contributed by atoms with E-state index in [4.69, 9.17) is 37.9 Å². The van der Waals surface area contributed by atoms with E-state index < -0.39 is 5.97 Å². The van der Waals surface area contributed by atoms with Gasteiger partial charge in [0.2, 0.25) is 0 Å². The number of nitrogens with zero attached hydrogens (tertiary/aromatic N) is 1. The van der Waals surface area contributed by atoms with Crippen LogP contribution in [0.15, 0.2) is 36.4 Å². The summed E-state index contributed by atoms with van der Waals surface area (Å²) in [6.45, 7) is 0. The maximum Gasteiger partial charge on any atom is 0.315 e. The molecule has 22 heavy (non-hydrogen) atoms. The van der Waals surface area contributed by atoms with E-state index in [0.29, 0.717) is 10.6 Å². The van der Waals surface area contributed by atoms with Gasteiger partial charge in [0.1, 0.15) is 0 Å². The number of ether oxygens (including phenoxy) is 2. The number of methoxy groups -OCH3 is 1. The van der Waals surface area contributed by atoms with Gasteiger partial charge >= 0.3 is 5.97 Å². The number of rotatable bonds is 4. The summed E-state index contributed by atoms with van der Waals surface area (Å²) in [6.07, 6.45) is 0.0661. The molecule has 0 aliphatic carbocycles. The lowest BCUT2D eigenvalue weighted by Gasteiger charge is -2.11. The Labute approximate surface area is 137 Å². The van der Waals surface area contributed by atoms with E-state index >= 15 is 0 Å². The van der Waals surface area contributed by atoms with Crippen LogP contribution in [0.2, 0.25) is 10.0 Å². The van der Waals surface area contributed by atoms with Crippen LogP contribution in [-0.2, 0) is 11.2 Å². The fourth-order valence-electron chi connectivity index (χ4n) is 1.80. The maximum atomic E-state index is 12.0. The lowest BCUT2D eigenvalue weighted by atomic mass is 10.1. The van der Waals surface area contributed by atoms with Gasteiger partial charge in [0.15, 0.2) is 11.5 Å². The summed E-state index contributed by atoms with van der Waals surface area (Å²) in [5, 5.41) is 9.62. The second-order valence-electron chi connectivity index (χ2n) is 4.38. The summed E-state index contributed by atoms with van der Waals surface area (Å²) in [4.78, 5) is 12.0. The lowest BCUT2D eigenvalue weighted by Crippen LogP contribution is -2.12. The van der Waals surface area contributed by atoms with Crippen LogP contribution in [0.25, 0.3) is 0 Å². The first-order valence-electron chi connectivity index (χ1n) is 6.26. The first kappa shape index (κ1) is 16.2. The fraction of sp³-hybridized carbons (Fsp3) is 0.125. The van der Waals surface area contributed by atoms with Crippen molar-refractivity contribution in [2.75, 3.05) is 7.11 Å². The van der Waals surface area contributed by atoms with Crippen molar-refractivity contribution in [1.82, 2.24) is 0 Å². The van der Waals surface area contributed by atoms with Crippen LogP contribution in [0.5, 0.6) is 11.5 Å². The van der Waals surface area contributed by atoms with E-state index in [1.54, 1.807) is 24.3 Å². The molecule has 0 saturated carbocycles.